The van der Waals surface area contributed by atoms with Crippen LogP contribution in [0.2, 0.25) is 0 Å². The summed E-state index contributed by atoms with van der Waals surface area (Å²) in [6.07, 6.45) is 2.40. The summed E-state index contributed by atoms with van der Waals surface area (Å²) in [7, 11) is 0. The molecule has 18 heavy (non-hydrogen) atoms. The highest BCUT2D eigenvalue weighted by atomic mass is 16.5. The van der Waals surface area contributed by atoms with Gasteiger partial charge in [0.25, 0.3) is 0 Å². The molecule has 0 bridgehead atoms. The summed E-state index contributed by atoms with van der Waals surface area (Å²) in [5.41, 5.74) is 0. The second kappa shape index (κ2) is 6.61. The van der Waals surface area contributed by atoms with Crippen molar-refractivity contribution in [1.82, 2.24) is 5.32 Å². The Balaban J connectivity index is 1.87. The molecule has 1 aromatic carbocycles. The molecule has 0 spiro atoms. The van der Waals surface area contributed by atoms with Crippen molar-refractivity contribution in [2.24, 2.45) is 0 Å². The van der Waals surface area contributed by atoms with Gasteiger partial charge < -0.3 is 19.9 Å². The summed E-state index contributed by atoms with van der Waals surface area (Å²) in [4.78, 5) is 0. The molecular weight excluding hydrogens is 230 g/mol. The van der Waals surface area contributed by atoms with Crippen LogP contribution in [-0.4, -0.2) is 37.0 Å². The lowest BCUT2D eigenvalue weighted by Crippen LogP contribution is -2.39. The third kappa shape index (κ3) is 3.89. The molecule has 1 aromatic rings. The van der Waals surface area contributed by atoms with Crippen LogP contribution >= 0.6 is 0 Å². The van der Waals surface area contributed by atoms with Crippen molar-refractivity contribution in [3.8, 4) is 11.5 Å². The molecule has 2 N–H and O–H groups in total. The quantitative estimate of drug-likeness (QED) is 0.736. The molecule has 100 valence electrons. The van der Waals surface area contributed by atoms with E-state index in [-0.39, 0.29) is 12.6 Å². The van der Waals surface area contributed by atoms with Gasteiger partial charge in [-0.25, -0.2) is 0 Å². The van der Waals surface area contributed by atoms with Gasteiger partial charge in [-0.2, -0.15) is 0 Å². The highest BCUT2D eigenvalue weighted by Crippen LogP contribution is 2.26. The van der Waals surface area contributed by atoms with Gasteiger partial charge in [-0.1, -0.05) is 12.1 Å². The zero-order valence-corrected chi connectivity index (χ0v) is 10.8. The smallest absolute Gasteiger partial charge is 0.161 e. The lowest BCUT2D eigenvalue weighted by molar-refractivity contribution is 0.177. The molecule has 0 aliphatic heterocycles. The number of nitrogens with one attached hydrogen (secondary N) is 1. The van der Waals surface area contributed by atoms with Gasteiger partial charge in [-0.15, -0.1) is 0 Å². The molecule has 1 atom stereocenters. The first-order valence-corrected chi connectivity index (χ1v) is 6.55. The van der Waals surface area contributed by atoms with Crippen molar-refractivity contribution in [3.63, 3.8) is 0 Å². The van der Waals surface area contributed by atoms with E-state index in [0.29, 0.717) is 19.3 Å². The monoisotopic (exact) mass is 251 g/mol. The molecule has 0 amide bonds. The van der Waals surface area contributed by atoms with E-state index < -0.39 is 0 Å². The fourth-order valence-corrected chi connectivity index (χ4v) is 1.77. The number of hydrogen-bond donors (Lipinski definition) is 2. The fourth-order valence-electron chi connectivity index (χ4n) is 1.77. The predicted octanol–water partition coefficient (Wildman–Crippen LogP) is 1.58. The molecule has 1 fully saturated rings. The Kier molecular flexibility index (Phi) is 4.84. The van der Waals surface area contributed by atoms with E-state index in [9.17, 15) is 5.11 Å². The van der Waals surface area contributed by atoms with E-state index in [1.807, 2.05) is 31.2 Å². The molecule has 4 heteroatoms. The van der Waals surface area contributed by atoms with E-state index >= 15 is 0 Å². The average molecular weight is 251 g/mol. The second-order valence-electron chi connectivity index (χ2n) is 4.51. The highest BCUT2D eigenvalue weighted by Gasteiger charge is 2.24. The summed E-state index contributed by atoms with van der Waals surface area (Å²) in [5.74, 6) is 1.48. The molecule has 4 nitrogen and oxygen atoms in total. The highest BCUT2D eigenvalue weighted by molar-refractivity contribution is 5.39. The van der Waals surface area contributed by atoms with Crippen LogP contribution in [0.5, 0.6) is 11.5 Å². The van der Waals surface area contributed by atoms with Crippen LogP contribution in [-0.2, 0) is 0 Å². The SMILES string of the molecule is CCOc1ccccc1OCC(CO)NC1CC1. The number of rotatable bonds is 8. The van der Waals surface area contributed by atoms with Crippen molar-refractivity contribution >= 4 is 0 Å². The number of aliphatic hydroxyl groups is 1. The third-order valence-corrected chi connectivity index (χ3v) is 2.86. The van der Waals surface area contributed by atoms with E-state index in [2.05, 4.69) is 5.32 Å². The predicted molar refractivity (Wildman–Crippen MR) is 70.1 cm³/mol. The molecule has 1 aliphatic carbocycles. The van der Waals surface area contributed by atoms with Gasteiger partial charge in [0.15, 0.2) is 11.5 Å². The van der Waals surface area contributed by atoms with E-state index in [0.717, 1.165) is 11.5 Å². The number of benzene rings is 1. The molecule has 0 heterocycles. The molecular formula is C14H21NO3. The van der Waals surface area contributed by atoms with Gasteiger partial charge in [-0.3, -0.25) is 0 Å². The number of ether oxygens (including phenoxy) is 2. The zero-order valence-electron chi connectivity index (χ0n) is 10.8. The summed E-state index contributed by atoms with van der Waals surface area (Å²) in [5, 5.41) is 12.6. The van der Waals surface area contributed by atoms with Gasteiger partial charge in [0, 0.05) is 6.04 Å². The van der Waals surface area contributed by atoms with Crippen LogP contribution < -0.4 is 14.8 Å². The molecule has 1 saturated carbocycles. The van der Waals surface area contributed by atoms with Crippen LogP contribution in [0.1, 0.15) is 19.8 Å². The van der Waals surface area contributed by atoms with Crippen molar-refractivity contribution in [3.05, 3.63) is 24.3 Å². The van der Waals surface area contributed by atoms with Crippen molar-refractivity contribution in [2.75, 3.05) is 19.8 Å². The third-order valence-electron chi connectivity index (χ3n) is 2.86. The average Bonchev–Trinajstić information content (AvgIpc) is 3.20. The van der Waals surface area contributed by atoms with Crippen molar-refractivity contribution < 1.29 is 14.6 Å². The lowest BCUT2D eigenvalue weighted by Gasteiger charge is -2.18. The standard InChI is InChI=1S/C14H21NO3/c1-2-17-13-5-3-4-6-14(13)18-10-12(9-16)15-11-7-8-11/h3-6,11-12,15-16H,2,7-10H2,1H3. The normalized spacial score (nSPS) is 16.3. The molecule has 0 radical (unpaired) electrons. The van der Waals surface area contributed by atoms with Crippen LogP contribution in [0, 0.1) is 0 Å². The Morgan fingerprint density at radius 1 is 1.28 bits per heavy atom. The maximum Gasteiger partial charge on any atom is 0.161 e. The molecule has 2 rings (SSSR count). The van der Waals surface area contributed by atoms with Crippen LogP contribution in [0.4, 0.5) is 0 Å². The summed E-state index contributed by atoms with van der Waals surface area (Å²) >= 11 is 0. The fraction of sp³-hybridized carbons (Fsp3) is 0.571. The molecule has 1 unspecified atom stereocenters. The number of aliphatic hydroxyl groups excluding tert-OH is 1. The Morgan fingerprint density at radius 2 is 1.94 bits per heavy atom. The lowest BCUT2D eigenvalue weighted by atomic mass is 10.3. The zero-order chi connectivity index (χ0) is 12.8. The van der Waals surface area contributed by atoms with Crippen LogP contribution in [0.3, 0.4) is 0 Å². The molecule has 1 aliphatic rings. The minimum absolute atomic E-state index is 0.00724. The summed E-state index contributed by atoms with van der Waals surface area (Å²) in [6.45, 7) is 3.11. The summed E-state index contributed by atoms with van der Waals surface area (Å²) in [6, 6.07) is 8.17. The van der Waals surface area contributed by atoms with E-state index in [1.165, 1.54) is 12.8 Å². The molecule has 0 aromatic heterocycles. The van der Waals surface area contributed by atoms with Gasteiger partial charge in [-0.05, 0) is 31.9 Å². The first-order valence-electron chi connectivity index (χ1n) is 6.55. The minimum Gasteiger partial charge on any atom is -0.490 e. The number of hydrogen-bond acceptors (Lipinski definition) is 4. The molecule has 0 saturated heterocycles. The second-order valence-corrected chi connectivity index (χ2v) is 4.51. The summed E-state index contributed by atoms with van der Waals surface area (Å²) < 4.78 is 11.2. The Morgan fingerprint density at radius 3 is 2.50 bits per heavy atom. The Labute approximate surface area is 108 Å². The first kappa shape index (κ1) is 13.2. The van der Waals surface area contributed by atoms with Crippen molar-refractivity contribution in [1.29, 1.82) is 0 Å². The first-order chi connectivity index (χ1) is 8.83. The van der Waals surface area contributed by atoms with Gasteiger partial charge in [0.1, 0.15) is 6.61 Å². The topological polar surface area (TPSA) is 50.7 Å². The minimum atomic E-state index is -0.00724. The largest absolute Gasteiger partial charge is 0.490 e. The maximum atomic E-state index is 9.28. The van der Waals surface area contributed by atoms with E-state index in [4.69, 9.17) is 9.47 Å². The van der Waals surface area contributed by atoms with Gasteiger partial charge in [0.05, 0.1) is 19.3 Å². The van der Waals surface area contributed by atoms with E-state index in [1.54, 1.807) is 0 Å². The van der Waals surface area contributed by atoms with Crippen molar-refractivity contribution in [2.45, 2.75) is 31.8 Å². The Hall–Kier alpha value is -1.26. The Bertz CT molecular complexity index is 366. The van der Waals surface area contributed by atoms with Gasteiger partial charge >= 0.3 is 0 Å². The van der Waals surface area contributed by atoms with Crippen LogP contribution in [0.15, 0.2) is 24.3 Å². The maximum absolute atomic E-state index is 9.28. The van der Waals surface area contributed by atoms with Gasteiger partial charge in [0.2, 0.25) is 0 Å². The van der Waals surface area contributed by atoms with Crippen LogP contribution in [0.25, 0.3) is 0 Å². The number of para-hydroxylation sites is 2.